The number of rotatable bonds is 8. The molecule has 2 N–H and O–H groups in total. The summed E-state index contributed by atoms with van der Waals surface area (Å²) in [7, 11) is 0. The molecule has 0 radical (unpaired) electrons. The zero-order chi connectivity index (χ0) is 21.3. The van der Waals surface area contributed by atoms with Gasteiger partial charge in [-0.05, 0) is 35.7 Å². The van der Waals surface area contributed by atoms with E-state index in [2.05, 4.69) is 27.3 Å². The fourth-order valence-electron chi connectivity index (χ4n) is 3.55. The van der Waals surface area contributed by atoms with Crippen LogP contribution in [0.15, 0.2) is 47.6 Å². The van der Waals surface area contributed by atoms with Crippen LogP contribution >= 0.6 is 0 Å². The summed E-state index contributed by atoms with van der Waals surface area (Å²) in [5, 5.41) is 14.2. The molecule has 1 amide bonds. The number of aryl methyl sites for hydroxylation is 1. The molecular formula is C23H29FN4O2. The van der Waals surface area contributed by atoms with Gasteiger partial charge in [0, 0.05) is 38.3 Å². The largest absolute Gasteiger partial charge is 0.507 e. The van der Waals surface area contributed by atoms with E-state index in [1.807, 2.05) is 24.3 Å². The Morgan fingerprint density at radius 3 is 2.53 bits per heavy atom. The Kier molecular flexibility index (Phi) is 7.93. The lowest BCUT2D eigenvalue weighted by Crippen LogP contribution is -2.48. The van der Waals surface area contributed by atoms with Crippen molar-refractivity contribution in [1.29, 1.82) is 0 Å². The third kappa shape index (κ3) is 6.37. The lowest BCUT2D eigenvalue weighted by molar-refractivity contribution is -0.122. The summed E-state index contributed by atoms with van der Waals surface area (Å²) < 4.78 is 13.0. The molecule has 1 fully saturated rings. The number of aromatic hydroxyl groups is 1. The maximum atomic E-state index is 13.0. The molecule has 1 aliphatic rings. The molecule has 0 unspecified atom stereocenters. The number of amides is 1. The van der Waals surface area contributed by atoms with Crippen molar-refractivity contribution in [2.75, 3.05) is 32.7 Å². The molecule has 1 saturated heterocycles. The lowest BCUT2D eigenvalue weighted by atomic mass is 10.1. The number of hydrogen-bond donors (Lipinski definition) is 2. The maximum absolute atomic E-state index is 13.0. The Balaban J connectivity index is 1.41. The molecule has 160 valence electrons. The number of halogens is 1. The first-order chi connectivity index (χ1) is 14.5. The number of piperazine rings is 1. The summed E-state index contributed by atoms with van der Waals surface area (Å²) in [5.74, 6) is -0.182. The van der Waals surface area contributed by atoms with Crippen LogP contribution in [-0.4, -0.2) is 59.8 Å². The van der Waals surface area contributed by atoms with Crippen LogP contribution in [-0.2, 0) is 17.8 Å². The van der Waals surface area contributed by atoms with Gasteiger partial charge in [-0.2, -0.15) is 5.10 Å². The van der Waals surface area contributed by atoms with Crippen molar-refractivity contribution in [2.45, 2.75) is 26.3 Å². The molecule has 1 heterocycles. The average Bonchev–Trinajstić information content (AvgIpc) is 2.74. The summed E-state index contributed by atoms with van der Waals surface area (Å²) in [6.45, 7) is 6.41. The van der Waals surface area contributed by atoms with Gasteiger partial charge in [0.15, 0.2) is 0 Å². The van der Waals surface area contributed by atoms with Crippen LogP contribution in [0.2, 0.25) is 0 Å². The third-order valence-corrected chi connectivity index (χ3v) is 5.21. The number of hydrogen-bond acceptors (Lipinski definition) is 5. The van der Waals surface area contributed by atoms with Gasteiger partial charge in [0.1, 0.15) is 11.6 Å². The second kappa shape index (κ2) is 10.8. The van der Waals surface area contributed by atoms with Gasteiger partial charge in [-0.25, -0.2) is 9.82 Å². The van der Waals surface area contributed by atoms with Gasteiger partial charge >= 0.3 is 0 Å². The molecule has 0 aromatic heterocycles. The first-order valence-electron chi connectivity index (χ1n) is 10.4. The van der Waals surface area contributed by atoms with Crippen LogP contribution in [0, 0.1) is 5.82 Å². The minimum Gasteiger partial charge on any atom is -0.507 e. The van der Waals surface area contributed by atoms with Crippen LogP contribution < -0.4 is 5.43 Å². The molecule has 2 aromatic rings. The van der Waals surface area contributed by atoms with E-state index < -0.39 is 0 Å². The average molecular weight is 413 g/mol. The number of para-hydroxylation sites is 1. The van der Waals surface area contributed by atoms with Crippen molar-refractivity contribution in [1.82, 2.24) is 15.2 Å². The molecule has 7 heteroatoms. The predicted octanol–water partition coefficient (Wildman–Crippen LogP) is 2.75. The molecule has 2 aromatic carbocycles. The van der Waals surface area contributed by atoms with Crippen LogP contribution in [0.1, 0.15) is 30.0 Å². The van der Waals surface area contributed by atoms with Crippen molar-refractivity contribution in [3.63, 3.8) is 0 Å². The number of hydrazone groups is 1. The molecule has 30 heavy (non-hydrogen) atoms. The quantitative estimate of drug-likeness (QED) is 0.517. The summed E-state index contributed by atoms with van der Waals surface area (Å²) >= 11 is 0. The number of phenols is 1. The van der Waals surface area contributed by atoms with Crippen molar-refractivity contribution >= 4 is 12.1 Å². The van der Waals surface area contributed by atoms with E-state index in [1.54, 1.807) is 6.07 Å². The molecule has 0 spiro atoms. The standard InChI is InChI=1S/C23H29FN4O2/c1-2-4-19-5-3-6-20(23(19)30)15-25-26-22(29)17-28-13-11-27(12-14-28)16-18-7-9-21(24)10-8-18/h3,5-10,15,30H,2,4,11-14,16-17H2,1H3,(H,26,29)/b25-15+. The van der Waals surface area contributed by atoms with Gasteiger partial charge in [-0.15, -0.1) is 0 Å². The van der Waals surface area contributed by atoms with Crippen LogP contribution in [0.4, 0.5) is 4.39 Å². The highest BCUT2D eigenvalue weighted by Gasteiger charge is 2.19. The Morgan fingerprint density at radius 1 is 1.13 bits per heavy atom. The predicted molar refractivity (Wildman–Crippen MR) is 116 cm³/mol. The number of benzene rings is 2. The number of carbonyl (C=O) groups is 1. The van der Waals surface area contributed by atoms with Crippen LogP contribution in [0.25, 0.3) is 0 Å². The normalized spacial score (nSPS) is 15.5. The Labute approximate surface area is 177 Å². The van der Waals surface area contributed by atoms with Crippen molar-refractivity contribution in [3.8, 4) is 5.75 Å². The van der Waals surface area contributed by atoms with Crippen molar-refractivity contribution < 1.29 is 14.3 Å². The molecule has 0 atom stereocenters. The maximum Gasteiger partial charge on any atom is 0.254 e. The Hall–Kier alpha value is -2.77. The number of nitrogens with one attached hydrogen (secondary N) is 1. The number of phenolic OH excluding ortho intramolecular Hbond substituents is 1. The molecule has 1 aliphatic heterocycles. The second-order valence-corrected chi connectivity index (χ2v) is 7.58. The van der Waals surface area contributed by atoms with E-state index in [1.165, 1.54) is 18.3 Å². The molecular weight excluding hydrogens is 383 g/mol. The molecule has 3 rings (SSSR count). The van der Waals surface area contributed by atoms with E-state index in [0.717, 1.165) is 56.7 Å². The zero-order valence-corrected chi connectivity index (χ0v) is 17.4. The monoisotopic (exact) mass is 412 g/mol. The van der Waals surface area contributed by atoms with Gasteiger partial charge < -0.3 is 5.11 Å². The van der Waals surface area contributed by atoms with Gasteiger partial charge in [0.25, 0.3) is 5.91 Å². The number of nitrogens with zero attached hydrogens (tertiary/aromatic N) is 3. The van der Waals surface area contributed by atoms with E-state index in [4.69, 9.17) is 0 Å². The molecule has 0 saturated carbocycles. The first-order valence-corrected chi connectivity index (χ1v) is 10.4. The molecule has 0 bridgehead atoms. The Morgan fingerprint density at radius 2 is 1.83 bits per heavy atom. The zero-order valence-electron chi connectivity index (χ0n) is 17.4. The lowest BCUT2D eigenvalue weighted by Gasteiger charge is -2.34. The molecule has 6 nitrogen and oxygen atoms in total. The summed E-state index contributed by atoms with van der Waals surface area (Å²) in [4.78, 5) is 16.6. The van der Waals surface area contributed by atoms with Gasteiger partial charge in [0.2, 0.25) is 0 Å². The SMILES string of the molecule is CCCc1cccc(/C=N/NC(=O)CN2CCN(Cc3ccc(F)cc3)CC2)c1O. The number of carbonyl (C=O) groups excluding carboxylic acids is 1. The smallest absolute Gasteiger partial charge is 0.254 e. The van der Waals surface area contributed by atoms with Crippen molar-refractivity contribution in [2.24, 2.45) is 5.10 Å². The second-order valence-electron chi connectivity index (χ2n) is 7.58. The highest BCUT2D eigenvalue weighted by atomic mass is 19.1. The van der Waals surface area contributed by atoms with E-state index in [0.29, 0.717) is 5.56 Å². The minimum atomic E-state index is -0.221. The van der Waals surface area contributed by atoms with Gasteiger partial charge in [0.05, 0.1) is 12.8 Å². The summed E-state index contributed by atoms with van der Waals surface area (Å²) in [6.07, 6.45) is 3.22. The van der Waals surface area contributed by atoms with Gasteiger partial charge in [-0.1, -0.05) is 37.6 Å². The summed E-state index contributed by atoms with van der Waals surface area (Å²) in [5.41, 5.74) is 5.10. The van der Waals surface area contributed by atoms with E-state index in [9.17, 15) is 14.3 Å². The van der Waals surface area contributed by atoms with E-state index >= 15 is 0 Å². The van der Waals surface area contributed by atoms with E-state index in [-0.39, 0.29) is 24.0 Å². The highest BCUT2D eigenvalue weighted by Crippen LogP contribution is 2.22. The summed E-state index contributed by atoms with van der Waals surface area (Å²) in [6, 6.07) is 12.1. The highest BCUT2D eigenvalue weighted by molar-refractivity contribution is 5.86. The topological polar surface area (TPSA) is 68.2 Å². The van der Waals surface area contributed by atoms with Gasteiger partial charge in [-0.3, -0.25) is 14.6 Å². The fraction of sp³-hybridized carbons (Fsp3) is 0.391. The third-order valence-electron chi connectivity index (χ3n) is 5.21. The first kappa shape index (κ1) is 21.9. The molecule has 0 aliphatic carbocycles. The minimum absolute atomic E-state index is 0.178. The van der Waals surface area contributed by atoms with Crippen LogP contribution in [0.3, 0.4) is 0 Å². The van der Waals surface area contributed by atoms with Crippen LogP contribution in [0.5, 0.6) is 5.75 Å². The fourth-order valence-corrected chi connectivity index (χ4v) is 3.55. The Bertz CT molecular complexity index is 862. The van der Waals surface area contributed by atoms with Crippen molar-refractivity contribution in [3.05, 3.63) is 65.0 Å².